The molecule has 0 aromatic carbocycles. The van der Waals surface area contributed by atoms with Crippen molar-refractivity contribution in [1.29, 1.82) is 0 Å². The third kappa shape index (κ3) is 60.8. The minimum absolute atomic E-state index is 0. The van der Waals surface area contributed by atoms with Crippen LogP contribution < -0.4 is 0 Å². The minimum atomic E-state index is -1.49. The van der Waals surface area contributed by atoms with Gasteiger partial charge >= 0.3 is 11.9 Å². The first kappa shape index (κ1) is 57.6. The van der Waals surface area contributed by atoms with Gasteiger partial charge in [0, 0.05) is 58.9 Å². The summed E-state index contributed by atoms with van der Waals surface area (Å²) >= 11 is 8.66. The van der Waals surface area contributed by atoms with E-state index in [4.69, 9.17) is 4.43 Å². The molecule has 0 N–H and O–H groups in total. The van der Waals surface area contributed by atoms with Gasteiger partial charge in [-0.05, 0) is 57.2 Å². The first-order valence-corrected chi connectivity index (χ1v) is 25.5. The standard InChI is InChI=1S/C12H26OSi.C9H16O2.C4H6O2.2CH4.H6P4.S4/c1-7-8-9-10-11-13-14(5,6)12(2,3)4;1-3-4-5-6-7-8-9(10)11-2;1-3-4(5)6-2;;;1-4(2)3;1-3-4-2/h7H,1,8-11H2,2-6H3;7-8H,3-6H2,1-2H3;3H,1H2,2H3;2*1H4;1-3H2;/b;8-7+;;;;;. The van der Waals surface area contributed by atoms with Crippen molar-refractivity contribution in [1.82, 2.24) is 0 Å². The molecule has 14 heteroatoms. The SMILES string of the molecule is C.C.C=CC(=O)OC.C=CCCCCO[Si](C)(C)C(C)(C)C.CCCCC/C=C/C(=O)OC.PP(P)P.S=S=S=S. The topological polar surface area (TPSA) is 61.8 Å². The normalized spacial score (nSPS) is 9.56. The predicted molar refractivity (Wildman–Crippen MR) is 214 cm³/mol. The summed E-state index contributed by atoms with van der Waals surface area (Å²) in [5.41, 5.74) is 0. The fourth-order valence-electron chi connectivity index (χ4n) is 1.78. The maximum Gasteiger partial charge on any atom is 0.330 e. The summed E-state index contributed by atoms with van der Waals surface area (Å²) in [6.07, 6.45) is 14.5. The fraction of sp³-hybridized carbons (Fsp3) is 0.704. The molecule has 5 nitrogen and oxygen atoms in total. The second-order valence-electron chi connectivity index (χ2n) is 9.13. The smallest absolute Gasteiger partial charge is 0.330 e. The number of rotatable bonds is 12. The number of hydrogen-bond acceptors (Lipinski definition) is 7. The van der Waals surface area contributed by atoms with Crippen LogP contribution in [0.2, 0.25) is 18.1 Å². The predicted octanol–water partition coefficient (Wildman–Crippen LogP) is 10.1. The van der Waals surface area contributed by atoms with Gasteiger partial charge in [0.2, 0.25) is 0 Å². The van der Waals surface area contributed by atoms with E-state index in [2.05, 4.69) is 113 Å². The lowest BCUT2D eigenvalue weighted by Crippen LogP contribution is -2.40. The van der Waals surface area contributed by atoms with Crippen LogP contribution in [0.1, 0.15) is 87.5 Å². The highest BCUT2D eigenvalue weighted by Gasteiger charge is 2.36. The average molecular weight is 747 g/mol. The lowest BCUT2D eigenvalue weighted by Gasteiger charge is -2.36. The second-order valence-corrected chi connectivity index (χ2v) is 29.1. The Balaban J connectivity index is -0.0000000761. The van der Waals surface area contributed by atoms with Crippen LogP contribution in [0.25, 0.3) is 0 Å². The van der Waals surface area contributed by atoms with Gasteiger partial charge in [-0.15, -0.1) is 33.4 Å². The molecule has 41 heavy (non-hydrogen) atoms. The average Bonchev–Trinajstić information content (AvgIpc) is 2.87. The van der Waals surface area contributed by atoms with Gasteiger partial charge in [-0.1, -0.05) is 74.1 Å². The summed E-state index contributed by atoms with van der Waals surface area (Å²) in [6, 6.07) is 0. The number of allylic oxidation sites excluding steroid dienone is 2. The van der Waals surface area contributed by atoms with E-state index in [0.717, 1.165) is 31.9 Å². The Bertz CT molecular complexity index is 712. The van der Waals surface area contributed by atoms with Gasteiger partial charge in [0.25, 0.3) is 0 Å². The van der Waals surface area contributed by atoms with E-state index in [1.807, 2.05) is 12.2 Å². The zero-order valence-corrected chi connectivity index (χ0v) is 33.9. The van der Waals surface area contributed by atoms with Crippen LogP contribution in [0, 0.1) is 0 Å². The Hall–Kier alpha value is 0.937. The third-order valence-electron chi connectivity index (χ3n) is 4.90. The number of unbranched alkanes of at least 4 members (excludes halogenated alkanes) is 5. The molecule has 0 spiro atoms. The van der Waals surface area contributed by atoms with Gasteiger partial charge < -0.3 is 13.9 Å². The van der Waals surface area contributed by atoms with Crippen molar-refractivity contribution in [3.05, 3.63) is 37.5 Å². The van der Waals surface area contributed by atoms with Crippen LogP contribution in [-0.4, -0.2) is 41.1 Å². The Labute approximate surface area is 279 Å². The van der Waals surface area contributed by atoms with Crippen molar-refractivity contribution in [2.75, 3.05) is 20.8 Å². The number of hydrogen-bond donors (Lipinski definition) is 0. The molecule has 248 valence electrons. The van der Waals surface area contributed by atoms with Crippen LogP contribution in [0.15, 0.2) is 37.5 Å². The molecule has 0 aromatic heterocycles. The molecule has 3 unspecified atom stereocenters. The lowest BCUT2D eigenvalue weighted by atomic mass is 10.2. The molecule has 0 fully saturated rings. The van der Waals surface area contributed by atoms with Crippen LogP contribution in [0.3, 0.4) is 0 Å². The Morgan fingerprint density at radius 1 is 0.902 bits per heavy atom. The Morgan fingerprint density at radius 2 is 1.34 bits per heavy atom. The molecule has 0 aliphatic heterocycles. The number of ether oxygens (including phenoxy) is 2. The highest BCUT2D eigenvalue weighted by molar-refractivity contribution is 8.65. The molecule has 0 radical (unpaired) electrons. The summed E-state index contributed by atoms with van der Waals surface area (Å²) in [4.78, 5) is 20.4. The molecular formula is C27H62O5P4S4Si. The number of carbonyl (C=O) groups excluding carboxylic acids is 2. The molecule has 0 aromatic rings. The van der Waals surface area contributed by atoms with Crippen LogP contribution in [0.4, 0.5) is 0 Å². The van der Waals surface area contributed by atoms with Crippen LogP contribution in [0.5, 0.6) is 0 Å². The molecule has 0 rings (SSSR count). The van der Waals surface area contributed by atoms with Gasteiger partial charge in [0.05, 0.1) is 14.2 Å². The molecule has 0 bridgehead atoms. The zero-order chi connectivity index (χ0) is 31.8. The number of esters is 2. The first-order valence-electron chi connectivity index (χ1n) is 12.4. The van der Waals surface area contributed by atoms with Crippen LogP contribution >= 0.6 is 33.8 Å². The van der Waals surface area contributed by atoms with Crippen molar-refractivity contribution in [3.8, 4) is 0 Å². The summed E-state index contributed by atoms with van der Waals surface area (Å²) < 4.78 is 14.6. The fourth-order valence-corrected chi connectivity index (χ4v) is 2.87. The van der Waals surface area contributed by atoms with Gasteiger partial charge in [0.15, 0.2) is 8.32 Å². The Morgan fingerprint density at radius 3 is 1.63 bits per heavy atom. The molecule has 0 aliphatic carbocycles. The van der Waals surface area contributed by atoms with E-state index < -0.39 is 14.3 Å². The number of carbonyl (C=O) groups is 2. The van der Waals surface area contributed by atoms with Crippen molar-refractivity contribution in [3.63, 3.8) is 0 Å². The van der Waals surface area contributed by atoms with Crippen molar-refractivity contribution in [2.45, 2.75) is 106 Å². The summed E-state index contributed by atoms with van der Waals surface area (Å²) in [5, 5.41) is 0.339. The van der Waals surface area contributed by atoms with E-state index in [1.165, 1.54) is 63.7 Å². The summed E-state index contributed by atoms with van der Waals surface area (Å²) in [6.45, 7) is 21.5. The molecule has 0 aliphatic rings. The van der Waals surface area contributed by atoms with Crippen molar-refractivity contribution in [2.24, 2.45) is 0 Å². The lowest BCUT2D eigenvalue weighted by molar-refractivity contribution is -0.135. The summed E-state index contributed by atoms with van der Waals surface area (Å²) in [5.74, 6) is -0.656. The quantitative estimate of drug-likeness (QED) is 0.0492. The first-order chi connectivity index (χ1) is 18.1. The van der Waals surface area contributed by atoms with E-state index in [1.54, 1.807) is 0 Å². The molecule has 0 saturated carbocycles. The van der Waals surface area contributed by atoms with Gasteiger partial charge in [0.1, 0.15) is 0 Å². The van der Waals surface area contributed by atoms with E-state index >= 15 is 0 Å². The minimum Gasteiger partial charge on any atom is -0.466 e. The van der Waals surface area contributed by atoms with Gasteiger partial charge in [-0.25, -0.2) is 9.59 Å². The van der Waals surface area contributed by atoms with Crippen LogP contribution in [-0.2, 0) is 63.6 Å². The van der Waals surface area contributed by atoms with E-state index in [-0.39, 0.29) is 27.8 Å². The van der Waals surface area contributed by atoms with Crippen molar-refractivity contribution >= 4 is 94.2 Å². The van der Waals surface area contributed by atoms with E-state index in [9.17, 15) is 9.59 Å². The Kier molecular flexibility index (Phi) is 60.5. The number of methoxy groups -OCH3 is 2. The molecule has 3 atom stereocenters. The third-order valence-corrected chi connectivity index (χ3v) is 11.7. The molecular weight excluding hydrogens is 685 g/mol. The molecule has 0 amide bonds. The monoisotopic (exact) mass is 746 g/mol. The highest BCUT2D eigenvalue weighted by Crippen LogP contribution is 2.59. The molecule has 0 heterocycles. The van der Waals surface area contributed by atoms with Gasteiger partial charge in [-0.3, -0.25) is 0 Å². The largest absolute Gasteiger partial charge is 0.466 e. The second kappa shape index (κ2) is 43.1. The zero-order valence-electron chi connectivity index (χ0n) is 25.2. The highest BCUT2D eigenvalue weighted by atomic mass is 33.2. The summed E-state index contributed by atoms with van der Waals surface area (Å²) in [7, 11) is 11.5. The maximum absolute atomic E-state index is 10.5. The maximum atomic E-state index is 10.5. The van der Waals surface area contributed by atoms with E-state index in [0.29, 0.717) is 5.04 Å². The van der Waals surface area contributed by atoms with Gasteiger partial charge in [-0.2, -0.15) is 0 Å². The molecule has 0 saturated heterocycles. The van der Waals surface area contributed by atoms with Crippen molar-refractivity contribution < 1.29 is 23.5 Å².